The van der Waals surface area contributed by atoms with Gasteiger partial charge in [-0.15, -0.1) is 0 Å². The fourth-order valence-corrected chi connectivity index (χ4v) is 3.06. The maximum atomic E-state index is 12.5. The summed E-state index contributed by atoms with van der Waals surface area (Å²) in [6, 6.07) is 0. The second-order valence-corrected chi connectivity index (χ2v) is 7.15. The monoisotopic (exact) mass is 288 g/mol. The molecule has 1 N–H and O–H groups in total. The van der Waals surface area contributed by atoms with Crippen molar-refractivity contribution in [3.8, 4) is 0 Å². The molecule has 1 aromatic heterocycles. The van der Waals surface area contributed by atoms with E-state index in [1.165, 1.54) is 10.5 Å². The fraction of sp³-hybridized carbons (Fsp3) is 0.750. The van der Waals surface area contributed by atoms with Gasteiger partial charge in [0.1, 0.15) is 4.90 Å². The van der Waals surface area contributed by atoms with Crippen LogP contribution < -0.4 is 5.32 Å². The highest BCUT2D eigenvalue weighted by atomic mass is 32.2. The molecule has 1 aromatic rings. The molecule has 0 amide bonds. The fourth-order valence-electron chi connectivity index (χ4n) is 1.53. The molecule has 0 spiro atoms. The first-order valence-corrected chi connectivity index (χ1v) is 7.86. The van der Waals surface area contributed by atoms with Gasteiger partial charge in [0.05, 0.1) is 12.7 Å². The quantitative estimate of drug-likeness (QED) is 0.810. The van der Waals surface area contributed by atoms with Crippen LogP contribution in [-0.4, -0.2) is 48.7 Å². The van der Waals surface area contributed by atoms with Gasteiger partial charge < -0.3 is 5.32 Å². The predicted molar refractivity (Wildman–Crippen MR) is 75.5 cm³/mol. The van der Waals surface area contributed by atoms with Crippen LogP contribution in [0.3, 0.4) is 0 Å². The highest BCUT2D eigenvalue weighted by Crippen LogP contribution is 2.24. The SMILES string of the molecule is CCC(C)(C)N(C)S(=O)(=O)c1cnn(CCNC)c1. The highest BCUT2D eigenvalue weighted by Gasteiger charge is 2.33. The molecular formula is C12H24N4O2S. The Morgan fingerprint density at radius 2 is 2.11 bits per heavy atom. The van der Waals surface area contributed by atoms with Crippen molar-refractivity contribution in [1.82, 2.24) is 19.4 Å². The van der Waals surface area contributed by atoms with Gasteiger partial charge in [0.15, 0.2) is 0 Å². The molecule has 0 aliphatic heterocycles. The summed E-state index contributed by atoms with van der Waals surface area (Å²) < 4.78 is 28.0. The summed E-state index contributed by atoms with van der Waals surface area (Å²) in [7, 11) is -0.0226. The summed E-state index contributed by atoms with van der Waals surface area (Å²) in [5.41, 5.74) is -0.411. The molecule has 19 heavy (non-hydrogen) atoms. The molecule has 0 fully saturated rings. The average molecular weight is 288 g/mol. The standard InChI is InChI=1S/C12H24N4O2S/c1-6-12(2,3)15(5)19(17,18)11-9-14-16(10-11)8-7-13-4/h9-10,13H,6-8H2,1-5H3. The summed E-state index contributed by atoms with van der Waals surface area (Å²) in [6.45, 7) is 7.19. The van der Waals surface area contributed by atoms with Crippen LogP contribution in [0.5, 0.6) is 0 Å². The van der Waals surface area contributed by atoms with Gasteiger partial charge in [-0.25, -0.2) is 8.42 Å². The van der Waals surface area contributed by atoms with Gasteiger partial charge in [-0.2, -0.15) is 9.40 Å². The Morgan fingerprint density at radius 1 is 1.47 bits per heavy atom. The molecule has 0 atom stereocenters. The Balaban J connectivity index is 2.97. The molecule has 0 radical (unpaired) electrons. The van der Waals surface area contributed by atoms with Crippen LogP contribution in [0.25, 0.3) is 0 Å². The number of aromatic nitrogens is 2. The minimum Gasteiger partial charge on any atom is -0.318 e. The van der Waals surface area contributed by atoms with Crippen molar-refractivity contribution in [2.75, 3.05) is 20.6 Å². The normalized spacial score (nSPS) is 13.2. The zero-order valence-electron chi connectivity index (χ0n) is 12.3. The molecular weight excluding hydrogens is 264 g/mol. The second-order valence-electron chi connectivity index (χ2n) is 5.18. The summed E-state index contributed by atoms with van der Waals surface area (Å²) in [5, 5.41) is 7.08. The number of rotatable bonds is 7. The Kier molecular flexibility index (Phi) is 5.11. The van der Waals surface area contributed by atoms with E-state index in [1.807, 2.05) is 27.8 Å². The van der Waals surface area contributed by atoms with E-state index in [0.29, 0.717) is 6.54 Å². The van der Waals surface area contributed by atoms with E-state index in [2.05, 4.69) is 10.4 Å². The van der Waals surface area contributed by atoms with E-state index in [4.69, 9.17) is 0 Å². The minimum absolute atomic E-state index is 0.243. The number of nitrogens with zero attached hydrogens (tertiary/aromatic N) is 3. The third-order valence-electron chi connectivity index (χ3n) is 3.58. The molecule has 0 unspecified atom stereocenters. The Morgan fingerprint density at radius 3 is 2.63 bits per heavy atom. The predicted octanol–water partition coefficient (Wildman–Crippen LogP) is 0.912. The van der Waals surface area contributed by atoms with Crippen LogP contribution in [0.2, 0.25) is 0 Å². The van der Waals surface area contributed by atoms with Crippen molar-refractivity contribution in [3.05, 3.63) is 12.4 Å². The number of hydrogen-bond donors (Lipinski definition) is 1. The maximum absolute atomic E-state index is 12.5. The zero-order chi connectivity index (χ0) is 14.7. The minimum atomic E-state index is -3.48. The molecule has 0 bridgehead atoms. The molecule has 1 rings (SSSR count). The Hall–Kier alpha value is -0.920. The lowest BCUT2D eigenvalue weighted by molar-refractivity contribution is 0.257. The lowest BCUT2D eigenvalue weighted by Gasteiger charge is -2.33. The number of nitrogens with one attached hydrogen (secondary N) is 1. The summed E-state index contributed by atoms with van der Waals surface area (Å²) >= 11 is 0. The van der Waals surface area contributed by atoms with Gasteiger partial charge in [-0.1, -0.05) is 6.92 Å². The number of sulfonamides is 1. The summed E-state index contributed by atoms with van der Waals surface area (Å²) in [6.07, 6.45) is 3.73. The van der Waals surface area contributed by atoms with Crippen molar-refractivity contribution in [1.29, 1.82) is 0 Å². The molecule has 110 valence electrons. The third-order valence-corrected chi connectivity index (χ3v) is 5.60. The molecule has 0 aliphatic carbocycles. The van der Waals surface area contributed by atoms with E-state index < -0.39 is 15.6 Å². The van der Waals surface area contributed by atoms with E-state index >= 15 is 0 Å². The first-order chi connectivity index (χ1) is 8.75. The van der Waals surface area contributed by atoms with Gasteiger partial charge in [0.2, 0.25) is 10.0 Å². The second kappa shape index (κ2) is 6.02. The molecule has 6 nitrogen and oxygen atoms in total. The molecule has 0 saturated heterocycles. The summed E-state index contributed by atoms with van der Waals surface area (Å²) in [5.74, 6) is 0. The van der Waals surface area contributed by atoms with E-state index in [9.17, 15) is 8.42 Å². The first kappa shape index (κ1) is 16.1. The zero-order valence-corrected chi connectivity index (χ0v) is 13.2. The van der Waals surface area contributed by atoms with E-state index in [1.54, 1.807) is 17.9 Å². The lowest BCUT2D eigenvalue weighted by atomic mass is 10.0. The van der Waals surface area contributed by atoms with Crippen LogP contribution in [0.15, 0.2) is 17.3 Å². The smallest absolute Gasteiger partial charge is 0.246 e. The van der Waals surface area contributed by atoms with Crippen molar-refractivity contribution < 1.29 is 8.42 Å². The van der Waals surface area contributed by atoms with Gasteiger partial charge in [-0.3, -0.25) is 4.68 Å². The third kappa shape index (κ3) is 3.55. The van der Waals surface area contributed by atoms with Gasteiger partial charge in [0, 0.05) is 25.3 Å². The van der Waals surface area contributed by atoms with Gasteiger partial charge >= 0.3 is 0 Å². The molecule has 7 heteroatoms. The van der Waals surface area contributed by atoms with Crippen LogP contribution >= 0.6 is 0 Å². The highest BCUT2D eigenvalue weighted by molar-refractivity contribution is 7.89. The molecule has 0 saturated carbocycles. The largest absolute Gasteiger partial charge is 0.318 e. The van der Waals surface area contributed by atoms with Crippen molar-refractivity contribution >= 4 is 10.0 Å². The Bertz CT molecular complexity index is 508. The van der Waals surface area contributed by atoms with Crippen LogP contribution in [0.1, 0.15) is 27.2 Å². The molecule has 0 aromatic carbocycles. The Labute approximate surface area is 115 Å². The lowest BCUT2D eigenvalue weighted by Crippen LogP contribution is -2.44. The average Bonchev–Trinajstić information content (AvgIpc) is 2.84. The number of hydrogen-bond acceptors (Lipinski definition) is 4. The molecule has 0 aliphatic rings. The summed E-state index contributed by atoms with van der Waals surface area (Å²) in [4.78, 5) is 0.243. The van der Waals surface area contributed by atoms with Crippen LogP contribution in [0, 0.1) is 0 Å². The van der Waals surface area contributed by atoms with E-state index in [-0.39, 0.29) is 4.90 Å². The number of likely N-dealkylation sites (N-methyl/N-ethyl adjacent to an activating group) is 1. The van der Waals surface area contributed by atoms with Crippen LogP contribution in [-0.2, 0) is 16.6 Å². The van der Waals surface area contributed by atoms with Gasteiger partial charge in [-0.05, 0) is 27.3 Å². The first-order valence-electron chi connectivity index (χ1n) is 6.42. The van der Waals surface area contributed by atoms with Crippen molar-refractivity contribution in [3.63, 3.8) is 0 Å². The van der Waals surface area contributed by atoms with E-state index in [0.717, 1.165) is 13.0 Å². The topological polar surface area (TPSA) is 67.2 Å². The molecule has 1 heterocycles. The van der Waals surface area contributed by atoms with Gasteiger partial charge in [0.25, 0.3) is 0 Å². The maximum Gasteiger partial charge on any atom is 0.246 e. The van der Waals surface area contributed by atoms with Crippen molar-refractivity contribution in [2.45, 2.75) is 44.2 Å². The van der Waals surface area contributed by atoms with Crippen molar-refractivity contribution in [2.24, 2.45) is 0 Å². The van der Waals surface area contributed by atoms with Crippen LogP contribution in [0.4, 0.5) is 0 Å².